The molecular formula is C15H14BrF2NO. The van der Waals surface area contributed by atoms with Crippen molar-refractivity contribution < 1.29 is 13.9 Å². The predicted octanol–water partition coefficient (Wildman–Crippen LogP) is 3.55. The van der Waals surface area contributed by atoms with Crippen LogP contribution >= 0.6 is 15.9 Å². The van der Waals surface area contributed by atoms with Crippen molar-refractivity contribution >= 4 is 15.9 Å². The first-order valence-electron chi connectivity index (χ1n) is 6.14. The summed E-state index contributed by atoms with van der Waals surface area (Å²) in [5.74, 6) is -1.19. The van der Waals surface area contributed by atoms with E-state index in [1.807, 2.05) is 24.3 Å². The maximum absolute atomic E-state index is 13.4. The van der Waals surface area contributed by atoms with Crippen LogP contribution in [0.3, 0.4) is 0 Å². The normalized spacial score (nSPS) is 12.4. The minimum atomic E-state index is -0.684. The van der Waals surface area contributed by atoms with E-state index in [0.717, 1.165) is 16.1 Å². The molecule has 1 atom stereocenters. The Balaban J connectivity index is 1.89. The maximum Gasteiger partial charge on any atom is 0.130 e. The molecule has 0 aliphatic rings. The zero-order chi connectivity index (χ0) is 14.5. The Morgan fingerprint density at radius 2 is 1.95 bits per heavy atom. The van der Waals surface area contributed by atoms with Crippen LogP contribution in [-0.2, 0) is 6.54 Å². The third-order valence-corrected chi connectivity index (χ3v) is 3.39. The van der Waals surface area contributed by atoms with Crippen molar-refractivity contribution in [3.8, 4) is 0 Å². The fraction of sp³-hybridized carbons (Fsp3) is 0.200. The van der Waals surface area contributed by atoms with Crippen molar-refractivity contribution in [1.82, 2.24) is 5.32 Å². The van der Waals surface area contributed by atoms with E-state index >= 15 is 0 Å². The summed E-state index contributed by atoms with van der Waals surface area (Å²) in [6, 6.07) is 10.8. The van der Waals surface area contributed by atoms with Gasteiger partial charge in [0.2, 0.25) is 0 Å². The standard InChI is InChI=1S/C15H14BrF2NO/c16-12-3-1-2-10(6-12)15(20)9-19-8-11-4-5-13(17)7-14(11)18/h1-7,15,19-20H,8-9H2. The van der Waals surface area contributed by atoms with E-state index in [2.05, 4.69) is 21.2 Å². The van der Waals surface area contributed by atoms with Crippen molar-refractivity contribution in [3.05, 3.63) is 69.7 Å². The molecule has 0 saturated heterocycles. The highest BCUT2D eigenvalue weighted by Crippen LogP contribution is 2.17. The largest absolute Gasteiger partial charge is 0.387 e. The lowest BCUT2D eigenvalue weighted by atomic mass is 10.1. The number of aliphatic hydroxyl groups excluding tert-OH is 1. The molecule has 0 fully saturated rings. The Kier molecular flexibility index (Phi) is 5.23. The Morgan fingerprint density at radius 3 is 2.65 bits per heavy atom. The van der Waals surface area contributed by atoms with Gasteiger partial charge in [-0.2, -0.15) is 0 Å². The molecule has 0 amide bonds. The van der Waals surface area contributed by atoms with E-state index in [9.17, 15) is 13.9 Å². The number of aliphatic hydroxyl groups is 1. The summed E-state index contributed by atoms with van der Waals surface area (Å²) in [5.41, 5.74) is 1.14. The summed E-state index contributed by atoms with van der Waals surface area (Å²) in [4.78, 5) is 0. The van der Waals surface area contributed by atoms with Crippen LogP contribution < -0.4 is 5.32 Å². The van der Waals surface area contributed by atoms with Gasteiger partial charge in [0.1, 0.15) is 11.6 Å². The summed E-state index contributed by atoms with van der Waals surface area (Å²) < 4.78 is 27.0. The van der Waals surface area contributed by atoms with Gasteiger partial charge in [-0.25, -0.2) is 8.78 Å². The molecule has 5 heteroatoms. The van der Waals surface area contributed by atoms with E-state index in [-0.39, 0.29) is 13.1 Å². The summed E-state index contributed by atoms with van der Waals surface area (Å²) >= 11 is 3.34. The molecule has 0 heterocycles. The number of hydrogen-bond acceptors (Lipinski definition) is 2. The van der Waals surface area contributed by atoms with Crippen LogP contribution in [0.15, 0.2) is 46.9 Å². The van der Waals surface area contributed by atoms with E-state index in [4.69, 9.17) is 0 Å². The van der Waals surface area contributed by atoms with Crippen LogP contribution in [0.5, 0.6) is 0 Å². The summed E-state index contributed by atoms with van der Waals surface area (Å²) in [6.45, 7) is 0.518. The van der Waals surface area contributed by atoms with Crippen LogP contribution in [0, 0.1) is 11.6 Å². The quantitative estimate of drug-likeness (QED) is 0.871. The second-order valence-corrected chi connectivity index (χ2v) is 5.35. The Labute approximate surface area is 124 Å². The zero-order valence-electron chi connectivity index (χ0n) is 10.6. The third kappa shape index (κ3) is 4.10. The van der Waals surface area contributed by atoms with Gasteiger partial charge < -0.3 is 10.4 Å². The average molecular weight is 342 g/mol. The summed E-state index contributed by atoms with van der Waals surface area (Å²) in [5, 5.41) is 13.0. The smallest absolute Gasteiger partial charge is 0.130 e. The maximum atomic E-state index is 13.4. The molecule has 0 bridgehead atoms. The molecule has 2 aromatic rings. The van der Waals surface area contributed by atoms with Gasteiger partial charge in [0.05, 0.1) is 6.10 Å². The van der Waals surface area contributed by atoms with Gasteiger partial charge in [0.15, 0.2) is 0 Å². The molecule has 2 N–H and O–H groups in total. The number of hydrogen-bond donors (Lipinski definition) is 2. The number of halogens is 3. The highest BCUT2D eigenvalue weighted by Gasteiger charge is 2.08. The highest BCUT2D eigenvalue weighted by atomic mass is 79.9. The summed E-state index contributed by atoms with van der Waals surface area (Å²) in [7, 11) is 0. The minimum Gasteiger partial charge on any atom is -0.387 e. The van der Waals surface area contributed by atoms with Gasteiger partial charge in [-0.05, 0) is 23.8 Å². The van der Waals surface area contributed by atoms with E-state index < -0.39 is 17.7 Å². The van der Waals surface area contributed by atoms with Crippen LogP contribution in [0.4, 0.5) is 8.78 Å². The Hall–Kier alpha value is -1.30. The fourth-order valence-corrected chi connectivity index (χ4v) is 2.26. The molecule has 0 radical (unpaired) electrons. The van der Waals surface area contributed by atoms with Crippen LogP contribution in [0.2, 0.25) is 0 Å². The second-order valence-electron chi connectivity index (χ2n) is 4.44. The molecule has 2 nitrogen and oxygen atoms in total. The SMILES string of the molecule is OC(CNCc1ccc(F)cc1F)c1cccc(Br)c1. The topological polar surface area (TPSA) is 32.3 Å². The number of benzene rings is 2. The van der Waals surface area contributed by atoms with Crippen molar-refractivity contribution in [1.29, 1.82) is 0 Å². The van der Waals surface area contributed by atoms with E-state index in [1.165, 1.54) is 12.1 Å². The first-order chi connectivity index (χ1) is 9.56. The molecule has 2 rings (SSSR count). The van der Waals surface area contributed by atoms with Crippen molar-refractivity contribution in [2.45, 2.75) is 12.6 Å². The lowest BCUT2D eigenvalue weighted by Gasteiger charge is -2.13. The van der Waals surface area contributed by atoms with Crippen LogP contribution in [-0.4, -0.2) is 11.7 Å². The molecule has 20 heavy (non-hydrogen) atoms. The van der Waals surface area contributed by atoms with Gasteiger partial charge in [0, 0.05) is 29.2 Å². The van der Waals surface area contributed by atoms with Gasteiger partial charge >= 0.3 is 0 Å². The van der Waals surface area contributed by atoms with Crippen molar-refractivity contribution in [3.63, 3.8) is 0 Å². The highest BCUT2D eigenvalue weighted by molar-refractivity contribution is 9.10. The van der Waals surface area contributed by atoms with Crippen molar-refractivity contribution in [2.75, 3.05) is 6.54 Å². The predicted molar refractivity (Wildman–Crippen MR) is 77.2 cm³/mol. The van der Waals surface area contributed by atoms with Gasteiger partial charge in [-0.15, -0.1) is 0 Å². The lowest BCUT2D eigenvalue weighted by Crippen LogP contribution is -2.21. The van der Waals surface area contributed by atoms with Gasteiger partial charge in [-0.1, -0.05) is 34.1 Å². The molecule has 2 aromatic carbocycles. The van der Waals surface area contributed by atoms with Gasteiger partial charge in [-0.3, -0.25) is 0 Å². The molecular weight excluding hydrogens is 328 g/mol. The molecule has 0 aliphatic heterocycles. The summed E-state index contributed by atoms with van der Waals surface area (Å²) in [6.07, 6.45) is -0.684. The molecule has 0 spiro atoms. The second kappa shape index (κ2) is 6.92. The average Bonchev–Trinajstić information content (AvgIpc) is 2.41. The lowest BCUT2D eigenvalue weighted by molar-refractivity contribution is 0.174. The molecule has 0 saturated carbocycles. The number of nitrogens with one attached hydrogen (secondary N) is 1. The first kappa shape index (κ1) is 15.1. The van der Waals surface area contributed by atoms with E-state index in [1.54, 1.807) is 0 Å². The van der Waals surface area contributed by atoms with Crippen LogP contribution in [0.1, 0.15) is 17.2 Å². The van der Waals surface area contributed by atoms with E-state index in [0.29, 0.717) is 5.56 Å². The minimum absolute atomic E-state index is 0.233. The molecule has 1 unspecified atom stereocenters. The molecule has 0 aliphatic carbocycles. The molecule has 0 aromatic heterocycles. The Morgan fingerprint density at radius 1 is 1.15 bits per heavy atom. The van der Waals surface area contributed by atoms with Crippen LogP contribution in [0.25, 0.3) is 0 Å². The first-order valence-corrected chi connectivity index (χ1v) is 6.94. The van der Waals surface area contributed by atoms with Gasteiger partial charge in [0.25, 0.3) is 0 Å². The molecule has 106 valence electrons. The fourth-order valence-electron chi connectivity index (χ4n) is 1.84. The number of rotatable bonds is 5. The Bertz CT molecular complexity index is 592. The third-order valence-electron chi connectivity index (χ3n) is 2.90. The van der Waals surface area contributed by atoms with Crippen molar-refractivity contribution in [2.24, 2.45) is 0 Å². The monoisotopic (exact) mass is 341 g/mol. The zero-order valence-corrected chi connectivity index (χ0v) is 12.2.